The van der Waals surface area contributed by atoms with Crippen molar-refractivity contribution in [2.75, 3.05) is 6.61 Å². The first kappa shape index (κ1) is 35.8. The Kier molecular flexibility index (Phi) is 10.9. The first-order valence-electron chi connectivity index (χ1n) is 16.1. The molecule has 0 aromatic heterocycles. The fourth-order valence-electron chi connectivity index (χ4n) is 6.93. The maximum atomic E-state index is 15.2. The third kappa shape index (κ3) is 8.21. The molecule has 2 atom stereocenters. The molecule has 1 saturated heterocycles. The summed E-state index contributed by atoms with van der Waals surface area (Å²) in [6.45, 7) is 2.91. The van der Waals surface area contributed by atoms with E-state index in [0.29, 0.717) is 42.7 Å². The molecule has 0 N–H and O–H groups in total. The number of hydrogen-bond acceptors (Lipinski definition) is 2. The number of fused-ring (bicyclic) bond motifs is 1. The second-order valence-corrected chi connectivity index (χ2v) is 12.7. The summed E-state index contributed by atoms with van der Waals surface area (Å²) in [5.41, 5.74) is -2.90. The summed E-state index contributed by atoms with van der Waals surface area (Å²) in [4.78, 5) is 0. The number of rotatable bonds is 9. The predicted octanol–water partition coefficient (Wildman–Crippen LogP) is 11.2. The lowest BCUT2D eigenvalue weighted by atomic mass is 9.75. The minimum Gasteiger partial charge on any atom is -0.429 e. The summed E-state index contributed by atoms with van der Waals surface area (Å²) in [5, 5.41) is -1.75. The van der Waals surface area contributed by atoms with Gasteiger partial charge in [-0.2, -0.15) is 22.0 Å². The van der Waals surface area contributed by atoms with Crippen LogP contribution in [0.3, 0.4) is 0 Å². The maximum Gasteiger partial charge on any atom is 0.458 e. The molecule has 2 unspecified atom stereocenters. The van der Waals surface area contributed by atoms with Gasteiger partial charge in [0.25, 0.3) is 0 Å². The predicted molar refractivity (Wildman–Crippen MR) is 159 cm³/mol. The van der Waals surface area contributed by atoms with Crippen LogP contribution >= 0.6 is 0 Å². The van der Waals surface area contributed by atoms with Crippen LogP contribution in [0.25, 0.3) is 10.8 Å². The summed E-state index contributed by atoms with van der Waals surface area (Å²) < 4.78 is 152. The van der Waals surface area contributed by atoms with Gasteiger partial charge in [-0.1, -0.05) is 32.1 Å². The molecule has 0 amide bonds. The number of ether oxygens (including phenoxy) is 2. The van der Waals surface area contributed by atoms with E-state index in [1.807, 2.05) is 0 Å². The van der Waals surface area contributed by atoms with Crippen LogP contribution in [0.1, 0.15) is 93.7 Å². The van der Waals surface area contributed by atoms with Crippen molar-refractivity contribution in [2.24, 2.45) is 11.8 Å². The number of benzene rings is 3. The van der Waals surface area contributed by atoms with Crippen molar-refractivity contribution in [2.45, 2.75) is 95.4 Å². The largest absolute Gasteiger partial charge is 0.458 e. The van der Waals surface area contributed by atoms with Crippen molar-refractivity contribution in [3.63, 3.8) is 0 Å². The number of hydrogen-bond donors (Lipinski definition) is 0. The molecule has 0 bridgehead atoms. The third-order valence-corrected chi connectivity index (χ3v) is 9.38. The maximum absolute atomic E-state index is 15.2. The van der Waals surface area contributed by atoms with Crippen molar-refractivity contribution in [1.29, 1.82) is 0 Å². The summed E-state index contributed by atoms with van der Waals surface area (Å²) in [6, 6.07) is 2.83. The Morgan fingerprint density at radius 2 is 1.48 bits per heavy atom. The SMILES string of the molecule is CCCCCC1CCC(C2CCC(c3cc(F)c(C(F)(F)Oc4cc(F)c5c(F)c(C#CC(F)(F)F)c(F)cc5c4)c(F)c3)CC2)OC1. The minimum absolute atomic E-state index is 0.137. The highest BCUT2D eigenvalue weighted by Crippen LogP contribution is 2.43. The molecular formula is C36H34F10O2. The number of unbranched alkanes of at least 4 members (excludes halogenated alkanes) is 2. The topological polar surface area (TPSA) is 18.5 Å². The Labute approximate surface area is 271 Å². The van der Waals surface area contributed by atoms with E-state index >= 15 is 17.6 Å². The van der Waals surface area contributed by atoms with Gasteiger partial charge in [0.2, 0.25) is 0 Å². The second-order valence-electron chi connectivity index (χ2n) is 12.7. The van der Waals surface area contributed by atoms with Crippen molar-refractivity contribution >= 4 is 10.8 Å². The first-order chi connectivity index (χ1) is 22.7. The van der Waals surface area contributed by atoms with Crippen LogP contribution in [0.4, 0.5) is 43.9 Å². The van der Waals surface area contributed by atoms with E-state index in [4.69, 9.17) is 4.74 Å². The Morgan fingerprint density at radius 1 is 0.792 bits per heavy atom. The Hall–Kier alpha value is -3.46. The quantitative estimate of drug-likeness (QED) is 0.127. The number of alkyl halides is 5. The molecule has 3 aromatic rings. The van der Waals surface area contributed by atoms with Crippen LogP contribution in [0, 0.1) is 52.8 Å². The molecule has 0 spiro atoms. The lowest BCUT2D eigenvalue weighted by molar-refractivity contribution is -0.189. The Bertz CT molecular complexity index is 1650. The lowest BCUT2D eigenvalue weighted by Crippen LogP contribution is -2.34. The van der Waals surface area contributed by atoms with Crippen LogP contribution in [-0.4, -0.2) is 18.9 Å². The normalized spacial score (nSPS) is 22.0. The smallest absolute Gasteiger partial charge is 0.429 e. The highest BCUT2D eigenvalue weighted by molar-refractivity contribution is 5.87. The highest BCUT2D eigenvalue weighted by atomic mass is 19.4. The zero-order valence-corrected chi connectivity index (χ0v) is 26.1. The van der Waals surface area contributed by atoms with Crippen LogP contribution in [-0.2, 0) is 10.8 Å². The highest BCUT2D eigenvalue weighted by Gasteiger charge is 2.42. The van der Waals surface area contributed by atoms with E-state index < -0.39 is 69.0 Å². The third-order valence-electron chi connectivity index (χ3n) is 9.38. The Morgan fingerprint density at radius 3 is 2.08 bits per heavy atom. The standard InChI is InChI=1S/C36H34F10O2/c1-2-3-4-5-20-6-11-31(47-19-20)22-9-7-21(8-10-22)23-15-29(39)33(30(40)16-23)36(45,46)48-25-14-24-17-27(37)26(12-13-35(42,43)44)34(41)32(24)28(38)18-25/h14-18,20-22,31H,2-11,19H2,1H3. The lowest BCUT2D eigenvalue weighted by Gasteiger charge is -2.38. The van der Waals surface area contributed by atoms with Gasteiger partial charge in [-0.15, -0.1) is 0 Å². The van der Waals surface area contributed by atoms with Crippen LogP contribution in [0.5, 0.6) is 5.75 Å². The van der Waals surface area contributed by atoms with Crippen LogP contribution in [0.2, 0.25) is 0 Å². The summed E-state index contributed by atoms with van der Waals surface area (Å²) >= 11 is 0. The monoisotopic (exact) mass is 688 g/mol. The van der Waals surface area contributed by atoms with Gasteiger partial charge in [-0.05, 0) is 97.9 Å². The molecule has 2 nitrogen and oxygen atoms in total. The molecule has 3 aromatic carbocycles. The van der Waals surface area contributed by atoms with E-state index in [0.717, 1.165) is 50.8 Å². The van der Waals surface area contributed by atoms with Crippen LogP contribution < -0.4 is 4.74 Å². The van der Waals surface area contributed by atoms with E-state index in [1.165, 1.54) is 25.2 Å². The molecule has 1 aliphatic carbocycles. The van der Waals surface area contributed by atoms with Crippen molar-refractivity contribution in [3.8, 4) is 17.6 Å². The van der Waals surface area contributed by atoms with E-state index in [2.05, 4.69) is 11.7 Å². The second kappa shape index (κ2) is 14.6. The molecule has 1 aliphatic heterocycles. The van der Waals surface area contributed by atoms with Crippen molar-refractivity contribution in [1.82, 2.24) is 0 Å². The zero-order chi connectivity index (χ0) is 34.8. The average molecular weight is 689 g/mol. The molecule has 48 heavy (non-hydrogen) atoms. The fraction of sp³-hybridized carbons (Fsp3) is 0.500. The molecule has 12 heteroatoms. The summed E-state index contributed by atoms with van der Waals surface area (Å²) in [6.07, 6.45) is -0.0732. The summed E-state index contributed by atoms with van der Waals surface area (Å²) in [7, 11) is 0. The number of halogens is 10. The van der Waals surface area contributed by atoms with Gasteiger partial charge in [0.1, 0.15) is 34.6 Å². The molecule has 2 fully saturated rings. The van der Waals surface area contributed by atoms with Gasteiger partial charge in [0.05, 0.1) is 17.1 Å². The molecule has 260 valence electrons. The molecular weight excluding hydrogens is 654 g/mol. The minimum atomic E-state index is -5.10. The van der Waals surface area contributed by atoms with Gasteiger partial charge < -0.3 is 9.47 Å². The molecule has 1 saturated carbocycles. The zero-order valence-electron chi connectivity index (χ0n) is 26.1. The first-order valence-corrected chi connectivity index (χ1v) is 16.1. The molecule has 1 heterocycles. The van der Waals surface area contributed by atoms with Crippen molar-refractivity contribution in [3.05, 3.63) is 76.1 Å². The van der Waals surface area contributed by atoms with Gasteiger partial charge in [0, 0.05) is 18.6 Å². The van der Waals surface area contributed by atoms with Crippen molar-refractivity contribution < 1.29 is 53.4 Å². The van der Waals surface area contributed by atoms with Gasteiger partial charge in [0.15, 0.2) is 5.82 Å². The average Bonchev–Trinajstić information content (AvgIpc) is 3.00. The van der Waals surface area contributed by atoms with E-state index in [-0.39, 0.29) is 23.7 Å². The van der Waals surface area contributed by atoms with E-state index in [9.17, 15) is 26.3 Å². The van der Waals surface area contributed by atoms with Gasteiger partial charge in [-0.3, -0.25) is 0 Å². The Balaban J connectivity index is 1.27. The fourth-order valence-corrected chi connectivity index (χ4v) is 6.93. The van der Waals surface area contributed by atoms with Gasteiger partial charge >= 0.3 is 12.3 Å². The summed E-state index contributed by atoms with van der Waals surface area (Å²) in [5.74, 6) is -6.71. The molecule has 0 radical (unpaired) electrons. The van der Waals surface area contributed by atoms with E-state index in [1.54, 1.807) is 0 Å². The molecule has 5 rings (SSSR count). The van der Waals surface area contributed by atoms with Gasteiger partial charge in [-0.25, -0.2) is 22.0 Å². The molecule has 2 aliphatic rings. The van der Waals surface area contributed by atoms with Crippen LogP contribution in [0.15, 0.2) is 30.3 Å².